The summed E-state index contributed by atoms with van der Waals surface area (Å²) in [4.78, 5) is 46.9. The summed E-state index contributed by atoms with van der Waals surface area (Å²) in [6.45, 7) is 7.81. The molecule has 1 aromatic carbocycles. The number of carboxylic acids is 1. The van der Waals surface area contributed by atoms with E-state index in [-0.39, 0.29) is 29.8 Å². The first-order chi connectivity index (χ1) is 23.3. The zero-order chi connectivity index (χ0) is 35.1. The Bertz CT molecular complexity index is 1720. The van der Waals surface area contributed by atoms with Crippen LogP contribution in [0.25, 0.3) is 10.9 Å². The van der Waals surface area contributed by atoms with Crippen molar-refractivity contribution in [3.05, 3.63) is 47.7 Å². The molecule has 1 heterocycles. The number of aromatic amines is 1. The maximum atomic E-state index is 13.2. The van der Waals surface area contributed by atoms with Crippen LogP contribution in [0.1, 0.15) is 84.6 Å². The third-order valence-corrected chi connectivity index (χ3v) is 12.7. The zero-order valence-corrected chi connectivity index (χ0v) is 29.1. The van der Waals surface area contributed by atoms with Crippen LogP contribution in [0.4, 0.5) is 0 Å². The Balaban J connectivity index is 1.04. The topological polar surface area (TPSA) is 153 Å². The number of rotatable bonds is 10. The van der Waals surface area contributed by atoms with E-state index in [0.717, 1.165) is 67.1 Å². The second-order valence-electron chi connectivity index (χ2n) is 15.6. The summed E-state index contributed by atoms with van der Waals surface area (Å²) >= 11 is 0. The van der Waals surface area contributed by atoms with Crippen molar-refractivity contribution in [3.63, 3.8) is 0 Å². The van der Waals surface area contributed by atoms with Crippen LogP contribution in [-0.2, 0) is 25.6 Å². The Hall–Kier alpha value is -4.10. The van der Waals surface area contributed by atoms with Gasteiger partial charge in [-0.1, -0.05) is 62.5 Å². The van der Waals surface area contributed by atoms with Gasteiger partial charge in [-0.2, -0.15) is 0 Å². The number of H-pyrrole nitrogens is 1. The largest absolute Gasteiger partial charge is 0.480 e. The van der Waals surface area contributed by atoms with Crippen molar-refractivity contribution in [2.75, 3.05) is 6.61 Å². The number of aliphatic carboxylic acids is 1. The lowest BCUT2D eigenvalue weighted by Gasteiger charge is -2.58. The van der Waals surface area contributed by atoms with Crippen LogP contribution in [-0.4, -0.2) is 63.0 Å². The number of aromatic nitrogens is 1. The van der Waals surface area contributed by atoms with E-state index in [0.29, 0.717) is 24.2 Å². The SMILES string of the molecule is C#C[C@@]1(O)CC[C@H]2[C@@H]3CCC4=C/C(=N\OCC(=O)N[C@H](C(=O)N[C@@H](Cc5c[nH]c6ccccc56)C(=O)O)C(C)C)CC[C@]4(C)[C@H]3CC[C@@]21C. The number of para-hydroxylation sites is 1. The van der Waals surface area contributed by atoms with Gasteiger partial charge in [-0.3, -0.25) is 9.59 Å². The molecule has 2 amide bonds. The van der Waals surface area contributed by atoms with Crippen LogP contribution in [0, 0.1) is 46.8 Å². The van der Waals surface area contributed by atoms with Crippen LogP contribution in [0.5, 0.6) is 0 Å². The van der Waals surface area contributed by atoms with Crippen LogP contribution in [0.3, 0.4) is 0 Å². The number of carboxylic acid groups (broad SMARTS) is 1. The first-order valence-corrected chi connectivity index (χ1v) is 17.8. The zero-order valence-electron chi connectivity index (χ0n) is 29.1. The fraction of sp³-hybridized carbons (Fsp3) is 0.590. The molecule has 4 aliphatic carbocycles. The van der Waals surface area contributed by atoms with Gasteiger partial charge in [0, 0.05) is 28.9 Å². The molecule has 0 bridgehead atoms. The van der Waals surface area contributed by atoms with Gasteiger partial charge in [0.1, 0.15) is 17.7 Å². The number of hydrogen-bond acceptors (Lipinski definition) is 6. The Morgan fingerprint density at radius 1 is 1.08 bits per heavy atom. The number of carbonyl (C=O) groups is 3. The van der Waals surface area contributed by atoms with Gasteiger partial charge in [0.25, 0.3) is 5.91 Å². The molecule has 0 unspecified atom stereocenters. The molecule has 8 atom stereocenters. The molecule has 1 aromatic heterocycles. The second-order valence-corrected chi connectivity index (χ2v) is 15.6. The number of terminal acetylenes is 1. The average Bonchev–Trinajstić information content (AvgIpc) is 3.60. The highest BCUT2D eigenvalue weighted by Crippen LogP contribution is 2.67. The monoisotopic (exact) mass is 670 g/mol. The fourth-order valence-electron chi connectivity index (χ4n) is 9.80. The van der Waals surface area contributed by atoms with Crippen molar-refractivity contribution in [1.82, 2.24) is 15.6 Å². The summed E-state index contributed by atoms with van der Waals surface area (Å²) in [7, 11) is 0. The first-order valence-electron chi connectivity index (χ1n) is 17.8. The van der Waals surface area contributed by atoms with E-state index in [1.807, 2.05) is 24.3 Å². The van der Waals surface area contributed by atoms with Crippen LogP contribution >= 0.6 is 0 Å². The fourth-order valence-corrected chi connectivity index (χ4v) is 9.80. The first kappa shape index (κ1) is 34.8. The summed E-state index contributed by atoms with van der Waals surface area (Å²) in [6, 6.07) is 5.45. The number of hydrogen-bond donors (Lipinski definition) is 5. The highest BCUT2D eigenvalue weighted by Gasteiger charge is 2.63. The molecule has 0 radical (unpaired) electrons. The van der Waals surface area contributed by atoms with E-state index >= 15 is 0 Å². The highest BCUT2D eigenvalue weighted by atomic mass is 16.6. The predicted octanol–water partition coefficient (Wildman–Crippen LogP) is 5.12. The molecular formula is C39H50N4O6. The molecule has 0 spiro atoms. The Labute approximate surface area is 288 Å². The molecule has 6 rings (SSSR count). The number of benzene rings is 1. The van der Waals surface area contributed by atoms with Crippen LogP contribution in [0.2, 0.25) is 0 Å². The summed E-state index contributed by atoms with van der Waals surface area (Å²) in [5, 5.41) is 31.7. The number of carbonyl (C=O) groups excluding carboxylic acids is 2. The quantitative estimate of drug-likeness (QED) is 0.175. The maximum absolute atomic E-state index is 13.2. The van der Waals surface area contributed by atoms with Crippen molar-refractivity contribution in [2.45, 2.75) is 103 Å². The molecule has 10 nitrogen and oxygen atoms in total. The molecule has 3 fully saturated rings. The van der Waals surface area contributed by atoms with Crippen molar-refractivity contribution in [2.24, 2.45) is 39.7 Å². The Morgan fingerprint density at radius 3 is 2.57 bits per heavy atom. The van der Waals surface area contributed by atoms with Crippen molar-refractivity contribution >= 4 is 34.4 Å². The van der Waals surface area contributed by atoms with Gasteiger partial charge < -0.3 is 30.7 Å². The van der Waals surface area contributed by atoms with Gasteiger partial charge in [-0.05, 0) is 98.2 Å². The molecule has 4 aliphatic rings. The van der Waals surface area contributed by atoms with E-state index < -0.39 is 35.5 Å². The van der Waals surface area contributed by atoms with E-state index in [1.54, 1.807) is 20.0 Å². The standard InChI is InChI=1S/C39H50N4O6/c1-6-39(48)18-15-30-28-12-11-25-20-26(13-16-37(25,4)29(28)14-17-38(30,39)5)43-49-22-33(44)42-34(23(2)3)35(45)41-32(36(46)47)19-24-21-40-31-10-8-7-9-27(24)31/h1,7-10,20-21,23,28-30,32,34,40,48H,11-19,22H2,2-5H3,(H,41,45)(H,42,44)(H,46,47)/b43-26-/t28-,29+,30+,32+,34+,37+,38+,39-/m1/s1. The van der Waals surface area contributed by atoms with Gasteiger partial charge in [0.15, 0.2) is 6.61 Å². The maximum Gasteiger partial charge on any atom is 0.326 e. The number of aliphatic hydroxyl groups is 1. The van der Waals surface area contributed by atoms with Gasteiger partial charge in [0.2, 0.25) is 5.91 Å². The minimum absolute atomic E-state index is 0.0668. The van der Waals surface area contributed by atoms with Crippen LogP contribution in [0.15, 0.2) is 47.3 Å². The lowest BCUT2D eigenvalue weighted by atomic mass is 9.46. The second kappa shape index (κ2) is 13.3. The highest BCUT2D eigenvalue weighted by molar-refractivity contribution is 5.96. The number of amides is 2. The van der Waals surface area contributed by atoms with Gasteiger partial charge in [0.05, 0.1) is 5.71 Å². The molecule has 0 aliphatic heterocycles. The van der Waals surface area contributed by atoms with Crippen molar-refractivity contribution in [1.29, 1.82) is 0 Å². The summed E-state index contributed by atoms with van der Waals surface area (Å²) in [6.07, 6.45) is 17.3. The number of fused-ring (bicyclic) bond motifs is 6. The molecular weight excluding hydrogens is 620 g/mol. The van der Waals surface area contributed by atoms with Crippen molar-refractivity contribution in [3.8, 4) is 12.3 Å². The predicted molar refractivity (Wildman–Crippen MR) is 187 cm³/mol. The minimum atomic E-state index is -1.17. The normalized spacial score (nSPS) is 32.6. The molecule has 5 N–H and O–H groups in total. The van der Waals surface area contributed by atoms with E-state index in [2.05, 4.69) is 46.6 Å². The third kappa shape index (κ3) is 6.27. The molecule has 10 heteroatoms. The molecule has 2 aromatic rings. The summed E-state index contributed by atoms with van der Waals surface area (Å²) in [5.74, 6) is 1.76. The smallest absolute Gasteiger partial charge is 0.326 e. The molecule has 49 heavy (non-hydrogen) atoms. The van der Waals surface area contributed by atoms with Gasteiger partial charge in [-0.25, -0.2) is 4.79 Å². The van der Waals surface area contributed by atoms with Crippen LogP contribution < -0.4 is 10.6 Å². The Morgan fingerprint density at radius 2 is 1.84 bits per heavy atom. The van der Waals surface area contributed by atoms with E-state index in [9.17, 15) is 24.6 Å². The van der Waals surface area contributed by atoms with E-state index in [4.69, 9.17) is 11.3 Å². The number of oxime groups is 1. The lowest BCUT2D eigenvalue weighted by molar-refractivity contribution is -0.142. The van der Waals surface area contributed by atoms with Gasteiger partial charge in [-0.15, -0.1) is 6.42 Å². The molecule has 3 saturated carbocycles. The lowest BCUT2D eigenvalue weighted by Crippen LogP contribution is -2.54. The van der Waals surface area contributed by atoms with Crippen molar-refractivity contribution < 1.29 is 29.4 Å². The number of nitrogens with one attached hydrogen (secondary N) is 3. The summed E-state index contributed by atoms with van der Waals surface area (Å²) in [5.41, 5.74) is 2.70. The third-order valence-electron chi connectivity index (χ3n) is 12.7. The van der Waals surface area contributed by atoms with E-state index in [1.165, 1.54) is 5.57 Å². The minimum Gasteiger partial charge on any atom is -0.480 e. The summed E-state index contributed by atoms with van der Waals surface area (Å²) < 4.78 is 0. The number of allylic oxidation sites excluding steroid dienone is 2. The van der Waals surface area contributed by atoms with Gasteiger partial charge >= 0.3 is 5.97 Å². The average molecular weight is 671 g/mol. The Kier molecular flexibility index (Phi) is 9.44. The molecule has 262 valence electrons. The number of nitrogens with zero attached hydrogens (tertiary/aromatic N) is 1. The molecule has 0 saturated heterocycles.